The van der Waals surface area contributed by atoms with E-state index in [1.54, 1.807) is 18.4 Å². The highest BCUT2D eigenvalue weighted by atomic mass is 16.3. The Morgan fingerprint density at radius 1 is 1.56 bits per heavy atom. The van der Waals surface area contributed by atoms with Crippen molar-refractivity contribution in [2.75, 3.05) is 26.2 Å². The van der Waals surface area contributed by atoms with Crippen LogP contribution in [0.15, 0.2) is 22.8 Å². The molecule has 1 atom stereocenters. The van der Waals surface area contributed by atoms with Gasteiger partial charge >= 0.3 is 0 Å². The van der Waals surface area contributed by atoms with Gasteiger partial charge in [-0.1, -0.05) is 0 Å². The topological polar surface area (TPSA) is 71.5 Å². The third kappa shape index (κ3) is 2.62. The second-order valence-electron chi connectivity index (χ2n) is 3.96. The molecule has 1 aromatic heterocycles. The molecule has 16 heavy (non-hydrogen) atoms. The lowest BCUT2D eigenvalue weighted by Crippen LogP contribution is -2.47. The smallest absolute Gasteiger partial charge is 0.224 e. The fraction of sp³-hybridized carbons (Fsp3) is 0.545. The minimum absolute atomic E-state index is 0.102. The fourth-order valence-electron chi connectivity index (χ4n) is 1.83. The molecule has 0 radical (unpaired) electrons. The molecule has 1 fully saturated rings. The molecular weight excluding hydrogens is 206 g/mol. The Morgan fingerprint density at radius 2 is 2.31 bits per heavy atom. The Labute approximate surface area is 94.6 Å². The number of hydrogen-bond donors (Lipinski definition) is 2. The number of carbonyl (C=O) groups excluding carboxylic acids is 1. The zero-order valence-corrected chi connectivity index (χ0v) is 9.19. The van der Waals surface area contributed by atoms with E-state index in [4.69, 9.17) is 10.2 Å². The van der Waals surface area contributed by atoms with E-state index in [-0.39, 0.29) is 11.9 Å². The zero-order valence-electron chi connectivity index (χ0n) is 9.19. The van der Waals surface area contributed by atoms with Gasteiger partial charge in [0.2, 0.25) is 5.91 Å². The molecule has 0 spiro atoms. The Morgan fingerprint density at radius 3 is 2.94 bits per heavy atom. The molecule has 3 N–H and O–H groups in total. The molecule has 2 rings (SSSR count). The lowest BCUT2D eigenvalue weighted by molar-refractivity contribution is -0.132. The summed E-state index contributed by atoms with van der Waals surface area (Å²) >= 11 is 0. The molecule has 0 bridgehead atoms. The third-order valence-electron chi connectivity index (χ3n) is 2.77. The first-order chi connectivity index (χ1) is 7.77. The Hall–Kier alpha value is -1.33. The van der Waals surface area contributed by atoms with E-state index in [0.717, 1.165) is 26.2 Å². The molecule has 88 valence electrons. The molecule has 1 aliphatic heterocycles. The average molecular weight is 223 g/mol. The van der Waals surface area contributed by atoms with Crippen LogP contribution < -0.4 is 11.1 Å². The molecule has 1 amide bonds. The lowest BCUT2D eigenvalue weighted by atomic mass is 10.1. The molecule has 1 saturated heterocycles. The monoisotopic (exact) mass is 223 g/mol. The number of rotatable bonds is 3. The summed E-state index contributed by atoms with van der Waals surface area (Å²) in [7, 11) is 0. The number of piperazine rings is 1. The van der Waals surface area contributed by atoms with Gasteiger partial charge in [0.05, 0.1) is 12.3 Å². The molecule has 1 aromatic rings. The standard InChI is InChI=1S/C11H17N3O2/c12-9(10-2-1-7-16-10)8-11(15)14-5-3-13-4-6-14/h1-2,7,9,13H,3-6,8,12H2. The maximum absolute atomic E-state index is 11.9. The molecule has 1 unspecified atom stereocenters. The van der Waals surface area contributed by atoms with Crippen LogP contribution in [0.2, 0.25) is 0 Å². The summed E-state index contributed by atoms with van der Waals surface area (Å²) in [5.41, 5.74) is 5.89. The highest BCUT2D eigenvalue weighted by molar-refractivity contribution is 5.77. The van der Waals surface area contributed by atoms with Crippen molar-refractivity contribution in [3.8, 4) is 0 Å². The lowest BCUT2D eigenvalue weighted by Gasteiger charge is -2.28. The number of nitrogens with zero attached hydrogens (tertiary/aromatic N) is 1. The Kier molecular flexibility index (Phi) is 3.58. The van der Waals surface area contributed by atoms with Gasteiger partial charge in [-0.25, -0.2) is 0 Å². The molecule has 2 heterocycles. The van der Waals surface area contributed by atoms with E-state index >= 15 is 0 Å². The predicted octanol–water partition coefficient (Wildman–Crippen LogP) is 0.101. The number of furan rings is 1. The molecule has 0 aliphatic carbocycles. The van der Waals surface area contributed by atoms with Gasteiger partial charge in [-0.15, -0.1) is 0 Å². The minimum Gasteiger partial charge on any atom is -0.468 e. The van der Waals surface area contributed by atoms with Gasteiger partial charge in [-0.3, -0.25) is 4.79 Å². The van der Waals surface area contributed by atoms with E-state index < -0.39 is 0 Å². The van der Waals surface area contributed by atoms with Crippen molar-refractivity contribution in [1.29, 1.82) is 0 Å². The Bertz CT molecular complexity index is 331. The predicted molar refractivity (Wildman–Crippen MR) is 59.7 cm³/mol. The number of nitrogens with one attached hydrogen (secondary N) is 1. The largest absolute Gasteiger partial charge is 0.468 e. The van der Waals surface area contributed by atoms with Crippen LogP contribution in [-0.4, -0.2) is 37.0 Å². The summed E-state index contributed by atoms with van der Waals surface area (Å²) in [6.07, 6.45) is 1.89. The summed E-state index contributed by atoms with van der Waals surface area (Å²) < 4.78 is 5.18. The van der Waals surface area contributed by atoms with Crippen molar-refractivity contribution in [3.63, 3.8) is 0 Å². The van der Waals surface area contributed by atoms with E-state index in [2.05, 4.69) is 5.32 Å². The van der Waals surface area contributed by atoms with Gasteiger partial charge in [0.1, 0.15) is 5.76 Å². The maximum Gasteiger partial charge on any atom is 0.224 e. The van der Waals surface area contributed by atoms with Gasteiger partial charge in [-0.2, -0.15) is 0 Å². The van der Waals surface area contributed by atoms with Crippen LogP contribution in [0.1, 0.15) is 18.2 Å². The number of carbonyl (C=O) groups is 1. The first-order valence-corrected chi connectivity index (χ1v) is 5.55. The zero-order chi connectivity index (χ0) is 11.4. The molecule has 0 saturated carbocycles. The maximum atomic E-state index is 11.9. The van der Waals surface area contributed by atoms with Crippen LogP contribution in [-0.2, 0) is 4.79 Å². The van der Waals surface area contributed by atoms with Crippen LogP contribution in [0.25, 0.3) is 0 Å². The van der Waals surface area contributed by atoms with Crippen molar-refractivity contribution < 1.29 is 9.21 Å². The summed E-state index contributed by atoms with van der Waals surface area (Å²) in [5.74, 6) is 0.772. The average Bonchev–Trinajstić information content (AvgIpc) is 2.83. The van der Waals surface area contributed by atoms with Gasteiger partial charge in [-0.05, 0) is 12.1 Å². The molecule has 1 aliphatic rings. The highest BCUT2D eigenvalue weighted by Gasteiger charge is 2.20. The van der Waals surface area contributed by atoms with E-state index in [9.17, 15) is 4.79 Å². The van der Waals surface area contributed by atoms with Crippen LogP contribution in [0, 0.1) is 0 Å². The van der Waals surface area contributed by atoms with Gasteiger partial charge < -0.3 is 20.4 Å². The SMILES string of the molecule is NC(CC(=O)N1CCNCC1)c1ccco1. The molecule has 5 heteroatoms. The fourth-order valence-corrected chi connectivity index (χ4v) is 1.83. The summed E-state index contributed by atoms with van der Waals surface area (Å²) in [6, 6.07) is 3.25. The molecule has 5 nitrogen and oxygen atoms in total. The molecule has 0 aromatic carbocycles. The first kappa shape index (κ1) is 11.2. The van der Waals surface area contributed by atoms with E-state index in [0.29, 0.717) is 12.2 Å². The number of nitrogens with two attached hydrogens (primary N) is 1. The van der Waals surface area contributed by atoms with Crippen LogP contribution in [0.4, 0.5) is 0 Å². The van der Waals surface area contributed by atoms with Gasteiger partial charge in [0.25, 0.3) is 0 Å². The normalized spacial score (nSPS) is 18.4. The van der Waals surface area contributed by atoms with E-state index in [1.165, 1.54) is 0 Å². The third-order valence-corrected chi connectivity index (χ3v) is 2.77. The highest BCUT2D eigenvalue weighted by Crippen LogP contribution is 2.15. The second kappa shape index (κ2) is 5.14. The summed E-state index contributed by atoms with van der Waals surface area (Å²) in [4.78, 5) is 13.7. The van der Waals surface area contributed by atoms with E-state index in [1.807, 2.05) is 4.90 Å². The first-order valence-electron chi connectivity index (χ1n) is 5.55. The van der Waals surface area contributed by atoms with Crippen molar-refractivity contribution in [3.05, 3.63) is 24.2 Å². The van der Waals surface area contributed by atoms with Crippen LogP contribution >= 0.6 is 0 Å². The van der Waals surface area contributed by atoms with Crippen molar-refractivity contribution in [1.82, 2.24) is 10.2 Å². The molecular formula is C11H17N3O2. The van der Waals surface area contributed by atoms with Crippen LogP contribution in [0.5, 0.6) is 0 Å². The minimum atomic E-state index is -0.336. The summed E-state index contributed by atoms with van der Waals surface area (Å²) in [6.45, 7) is 3.26. The summed E-state index contributed by atoms with van der Waals surface area (Å²) in [5, 5.41) is 3.21. The number of amides is 1. The van der Waals surface area contributed by atoms with Crippen molar-refractivity contribution >= 4 is 5.91 Å². The van der Waals surface area contributed by atoms with Gasteiger partial charge in [0.15, 0.2) is 0 Å². The van der Waals surface area contributed by atoms with Crippen LogP contribution in [0.3, 0.4) is 0 Å². The second-order valence-corrected chi connectivity index (χ2v) is 3.96. The quantitative estimate of drug-likeness (QED) is 0.762. The van der Waals surface area contributed by atoms with Crippen molar-refractivity contribution in [2.24, 2.45) is 5.73 Å². The number of hydrogen-bond acceptors (Lipinski definition) is 4. The van der Waals surface area contributed by atoms with Gasteiger partial charge in [0, 0.05) is 32.6 Å². The Balaban J connectivity index is 1.86. The van der Waals surface area contributed by atoms with Crippen molar-refractivity contribution in [2.45, 2.75) is 12.5 Å².